The summed E-state index contributed by atoms with van der Waals surface area (Å²) in [7, 11) is 0. The average Bonchev–Trinajstić information content (AvgIpc) is 2.74. The molecule has 0 saturated heterocycles. The Kier molecular flexibility index (Phi) is 3.02. The summed E-state index contributed by atoms with van der Waals surface area (Å²) in [5.74, 6) is -0.573. The summed E-state index contributed by atoms with van der Waals surface area (Å²) in [5.41, 5.74) is 1.24. The molecule has 0 bridgehead atoms. The zero-order valence-electron chi connectivity index (χ0n) is 10.3. The van der Waals surface area contributed by atoms with Gasteiger partial charge < -0.3 is 9.25 Å². The Bertz CT molecular complexity index is 848. The minimum absolute atomic E-state index is 0.215. The van der Waals surface area contributed by atoms with Crippen LogP contribution in [0.2, 0.25) is 0 Å². The molecular formula is C14H8BrNO4. The molecule has 1 aliphatic rings. The fraction of sp³-hybridized carbons (Fsp3) is 0.0714. The number of nitrogens with zero attached hydrogens (tertiary/aromatic N) is 1. The first-order valence-corrected chi connectivity index (χ1v) is 6.54. The highest BCUT2D eigenvalue weighted by Crippen LogP contribution is 2.19. The SMILES string of the molecule is CC1=NOC(=O)/C1=C\c1coc2ccc(Br)cc2c1=O. The van der Waals surface area contributed by atoms with Crippen LogP contribution in [0.4, 0.5) is 0 Å². The van der Waals surface area contributed by atoms with Gasteiger partial charge in [0.25, 0.3) is 0 Å². The molecule has 0 N–H and O–H groups in total. The Labute approximate surface area is 121 Å². The lowest BCUT2D eigenvalue weighted by molar-refractivity contribution is -0.136. The molecule has 20 heavy (non-hydrogen) atoms. The summed E-state index contributed by atoms with van der Waals surface area (Å²) in [6.45, 7) is 1.63. The third-order valence-electron chi connectivity index (χ3n) is 2.94. The van der Waals surface area contributed by atoms with E-state index in [1.807, 2.05) is 0 Å². The van der Waals surface area contributed by atoms with Crippen molar-refractivity contribution in [2.24, 2.45) is 5.16 Å². The minimum Gasteiger partial charge on any atom is -0.463 e. The van der Waals surface area contributed by atoms with Crippen LogP contribution in [0, 0.1) is 0 Å². The smallest absolute Gasteiger partial charge is 0.367 e. The van der Waals surface area contributed by atoms with Crippen LogP contribution < -0.4 is 5.43 Å². The molecule has 0 unspecified atom stereocenters. The zero-order valence-corrected chi connectivity index (χ0v) is 11.9. The number of rotatable bonds is 1. The zero-order chi connectivity index (χ0) is 14.3. The van der Waals surface area contributed by atoms with Gasteiger partial charge in [-0.25, -0.2) is 4.79 Å². The molecule has 5 nitrogen and oxygen atoms in total. The monoisotopic (exact) mass is 333 g/mol. The highest BCUT2D eigenvalue weighted by atomic mass is 79.9. The maximum absolute atomic E-state index is 12.4. The maximum atomic E-state index is 12.4. The van der Waals surface area contributed by atoms with Crippen molar-refractivity contribution in [2.45, 2.75) is 6.92 Å². The summed E-state index contributed by atoms with van der Waals surface area (Å²) < 4.78 is 6.18. The normalized spacial score (nSPS) is 16.6. The van der Waals surface area contributed by atoms with Crippen LogP contribution in [0.25, 0.3) is 17.0 Å². The summed E-state index contributed by atoms with van der Waals surface area (Å²) >= 11 is 3.31. The van der Waals surface area contributed by atoms with Crippen molar-refractivity contribution in [3.05, 3.63) is 50.3 Å². The third-order valence-corrected chi connectivity index (χ3v) is 3.43. The van der Waals surface area contributed by atoms with Gasteiger partial charge in [0.05, 0.1) is 22.2 Å². The van der Waals surface area contributed by atoms with E-state index in [-0.39, 0.29) is 16.6 Å². The summed E-state index contributed by atoms with van der Waals surface area (Å²) in [6, 6.07) is 5.17. The second kappa shape index (κ2) is 4.72. The van der Waals surface area contributed by atoms with E-state index in [9.17, 15) is 9.59 Å². The first-order valence-electron chi connectivity index (χ1n) is 5.75. The molecule has 2 heterocycles. The van der Waals surface area contributed by atoms with Crippen molar-refractivity contribution in [1.82, 2.24) is 0 Å². The van der Waals surface area contributed by atoms with E-state index in [0.29, 0.717) is 16.7 Å². The third kappa shape index (κ3) is 2.08. The van der Waals surface area contributed by atoms with Gasteiger partial charge in [0.1, 0.15) is 11.8 Å². The Hall–Kier alpha value is -2.21. The first-order chi connectivity index (χ1) is 9.56. The largest absolute Gasteiger partial charge is 0.463 e. The van der Waals surface area contributed by atoms with Crippen molar-refractivity contribution in [2.75, 3.05) is 0 Å². The van der Waals surface area contributed by atoms with Crippen molar-refractivity contribution in [3.63, 3.8) is 0 Å². The number of benzene rings is 1. The van der Waals surface area contributed by atoms with Crippen LogP contribution in [0.1, 0.15) is 12.5 Å². The highest BCUT2D eigenvalue weighted by molar-refractivity contribution is 9.10. The van der Waals surface area contributed by atoms with Crippen molar-refractivity contribution in [3.8, 4) is 0 Å². The van der Waals surface area contributed by atoms with Gasteiger partial charge in [-0.1, -0.05) is 21.1 Å². The lowest BCUT2D eigenvalue weighted by atomic mass is 10.1. The predicted octanol–water partition coefficient (Wildman–Crippen LogP) is 2.87. The Morgan fingerprint density at radius 1 is 1.30 bits per heavy atom. The minimum atomic E-state index is -0.573. The van der Waals surface area contributed by atoms with Gasteiger partial charge in [0, 0.05) is 4.47 Å². The van der Waals surface area contributed by atoms with E-state index in [1.54, 1.807) is 25.1 Å². The summed E-state index contributed by atoms with van der Waals surface area (Å²) in [6.07, 6.45) is 2.75. The second-order valence-electron chi connectivity index (χ2n) is 4.27. The molecule has 0 saturated carbocycles. The number of carbonyl (C=O) groups is 1. The standard InChI is InChI=1S/C14H8BrNO4/c1-7-10(14(18)20-16-7)4-8-6-19-12-3-2-9(15)5-11(12)13(8)17/h2-6H,1H3/b10-4-. The lowest BCUT2D eigenvalue weighted by Gasteiger charge is -2.00. The number of hydrogen-bond acceptors (Lipinski definition) is 5. The molecule has 0 atom stereocenters. The Balaban J connectivity index is 2.21. The molecule has 100 valence electrons. The summed E-state index contributed by atoms with van der Waals surface area (Å²) in [5, 5.41) is 4.00. The van der Waals surface area contributed by atoms with Crippen LogP contribution in [0.5, 0.6) is 0 Å². The molecule has 1 aromatic carbocycles. The van der Waals surface area contributed by atoms with Gasteiger partial charge in [-0.05, 0) is 31.2 Å². The van der Waals surface area contributed by atoms with E-state index in [1.165, 1.54) is 12.3 Å². The fourth-order valence-electron chi connectivity index (χ4n) is 1.89. The highest BCUT2D eigenvalue weighted by Gasteiger charge is 2.22. The molecule has 1 aliphatic heterocycles. The van der Waals surface area contributed by atoms with Gasteiger partial charge in [0.2, 0.25) is 0 Å². The van der Waals surface area contributed by atoms with E-state index in [2.05, 4.69) is 25.9 Å². The van der Waals surface area contributed by atoms with E-state index in [0.717, 1.165) is 4.47 Å². The second-order valence-corrected chi connectivity index (χ2v) is 5.19. The predicted molar refractivity (Wildman–Crippen MR) is 77.4 cm³/mol. The van der Waals surface area contributed by atoms with Gasteiger partial charge in [-0.15, -0.1) is 0 Å². The van der Waals surface area contributed by atoms with Crippen LogP contribution in [0.3, 0.4) is 0 Å². The van der Waals surface area contributed by atoms with Crippen molar-refractivity contribution < 1.29 is 14.0 Å². The van der Waals surface area contributed by atoms with Crippen LogP contribution in [-0.2, 0) is 9.63 Å². The molecule has 0 radical (unpaired) electrons. The van der Waals surface area contributed by atoms with Crippen molar-refractivity contribution in [1.29, 1.82) is 0 Å². The Morgan fingerprint density at radius 3 is 2.80 bits per heavy atom. The number of fused-ring (bicyclic) bond motifs is 1. The topological polar surface area (TPSA) is 68.9 Å². The van der Waals surface area contributed by atoms with Crippen LogP contribution in [0.15, 0.2) is 48.9 Å². The van der Waals surface area contributed by atoms with Gasteiger partial charge in [-0.2, -0.15) is 0 Å². The first kappa shape index (κ1) is 12.8. The molecule has 0 fully saturated rings. The molecule has 0 aliphatic carbocycles. The number of hydrogen-bond donors (Lipinski definition) is 0. The molecule has 0 amide bonds. The molecular weight excluding hydrogens is 326 g/mol. The van der Waals surface area contributed by atoms with E-state index >= 15 is 0 Å². The van der Waals surface area contributed by atoms with E-state index in [4.69, 9.17) is 4.42 Å². The molecule has 6 heteroatoms. The molecule has 2 aromatic rings. The summed E-state index contributed by atoms with van der Waals surface area (Å²) in [4.78, 5) is 28.4. The Morgan fingerprint density at radius 2 is 2.10 bits per heavy atom. The molecule has 0 spiro atoms. The number of halogens is 1. The maximum Gasteiger partial charge on any atom is 0.367 e. The van der Waals surface area contributed by atoms with Crippen LogP contribution in [-0.4, -0.2) is 11.7 Å². The molecule has 1 aromatic heterocycles. The van der Waals surface area contributed by atoms with Gasteiger partial charge >= 0.3 is 5.97 Å². The quantitative estimate of drug-likeness (QED) is 0.594. The average molecular weight is 334 g/mol. The van der Waals surface area contributed by atoms with E-state index < -0.39 is 5.97 Å². The fourth-order valence-corrected chi connectivity index (χ4v) is 2.25. The number of oxime groups is 1. The van der Waals surface area contributed by atoms with Gasteiger partial charge in [-0.3, -0.25) is 4.79 Å². The number of carbonyl (C=O) groups excluding carboxylic acids is 1. The van der Waals surface area contributed by atoms with Crippen LogP contribution >= 0.6 is 15.9 Å². The van der Waals surface area contributed by atoms with Crippen molar-refractivity contribution >= 4 is 44.7 Å². The lowest BCUT2D eigenvalue weighted by Crippen LogP contribution is -2.08. The molecule has 3 rings (SSSR count). The van der Waals surface area contributed by atoms with Gasteiger partial charge in [0.15, 0.2) is 5.43 Å².